The summed E-state index contributed by atoms with van der Waals surface area (Å²) in [5.74, 6) is -1.78. The Morgan fingerprint density at radius 1 is 0.823 bits per heavy atom. The summed E-state index contributed by atoms with van der Waals surface area (Å²) in [5.41, 5.74) is 1.42. The first kappa shape index (κ1) is 62.5. The van der Waals surface area contributed by atoms with Crippen molar-refractivity contribution < 1.29 is 74.3 Å². The molecule has 432 valence electrons. The van der Waals surface area contributed by atoms with Crippen molar-refractivity contribution in [3.63, 3.8) is 0 Å². The quantitative estimate of drug-likeness (QED) is 0.0186. The zero-order valence-corrected chi connectivity index (χ0v) is 46.4. The van der Waals surface area contributed by atoms with E-state index >= 15 is 0 Å². The summed E-state index contributed by atoms with van der Waals surface area (Å²) in [4.78, 5) is 46.6. The number of aliphatic hydroxyl groups is 1. The summed E-state index contributed by atoms with van der Waals surface area (Å²) in [7, 11) is 1.25. The number of aromatic nitrogens is 3. The first-order valence-corrected chi connectivity index (χ1v) is 27.0. The van der Waals surface area contributed by atoms with Gasteiger partial charge in [-0.05, 0) is 78.6 Å². The van der Waals surface area contributed by atoms with Gasteiger partial charge in [0.25, 0.3) is 0 Å². The van der Waals surface area contributed by atoms with Crippen molar-refractivity contribution in [3.8, 4) is 44.3 Å². The normalized spacial score (nSPS) is 15.4. The molecule has 1 aliphatic heterocycles. The van der Waals surface area contributed by atoms with Crippen LogP contribution in [0.15, 0.2) is 66.2 Å². The number of halogens is 7. The minimum absolute atomic E-state index is 0.0166. The van der Waals surface area contributed by atoms with Crippen LogP contribution in [0.25, 0.3) is 32.8 Å². The minimum atomic E-state index is -4.86. The van der Waals surface area contributed by atoms with Gasteiger partial charge in [0.1, 0.15) is 11.8 Å². The number of unbranched alkanes of at least 4 members (excludes halogenated alkanes) is 2. The predicted molar refractivity (Wildman–Crippen MR) is 285 cm³/mol. The number of thiazole rings is 1. The van der Waals surface area contributed by atoms with Crippen LogP contribution in [0.2, 0.25) is 5.02 Å². The molecule has 16 nitrogen and oxygen atoms in total. The van der Waals surface area contributed by atoms with Gasteiger partial charge in [-0.25, -0.2) is 4.98 Å². The second-order valence-electron chi connectivity index (χ2n) is 19.8. The van der Waals surface area contributed by atoms with E-state index in [4.69, 9.17) is 40.0 Å². The molecule has 2 aromatic heterocycles. The second-order valence-corrected chi connectivity index (χ2v) is 21.1. The highest BCUT2D eigenvalue weighted by molar-refractivity contribution is 7.13. The fourth-order valence-corrected chi connectivity index (χ4v) is 9.80. The number of amides is 2. The minimum Gasteiger partial charge on any atom is -0.493 e. The molecule has 1 aliphatic rings. The Labute approximate surface area is 464 Å². The Hall–Kier alpha value is -5.66. The Kier molecular flexibility index (Phi) is 22.7. The molecular formula is C55H67ClF6N6O10S. The molecule has 0 aliphatic carbocycles. The molecule has 24 heteroatoms. The zero-order chi connectivity index (χ0) is 57.5. The fourth-order valence-electron chi connectivity index (χ4n) is 8.76. The predicted octanol–water partition coefficient (Wildman–Crippen LogP) is 9.70. The van der Waals surface area contributed by atoms with Crippen molar-refractivity contribution in [1.82, 2.24) is 30.3 Å². The van der Waals surface area contributed by atoms with Crippen LogP contribution in [0.1, 0.15) is 75.9 Å². The molecule has 1 saturated heterocycles. The standard InChI is InChI=1S/C55H67ClF6N6O10S/c1-34-49(79-33-65-34)37-12-10-36(11-13-37)31-64-51(71)44-29-39(70)32-68(44)52(72)50(53(3,4)5)63-18-21-74-23-25-76-27-26-75-24-22-73-19-8-7-9-20-77-45-17-15-40(43-30-46(55(60,61)62)66-67(43)6)48(78-35(2)69)47(45)38-14-16-42(56)41(28-38)54(57,58)59/h10-17,28,30,33,39,44,50,63,70H,7-9,18-27,29,31-32H2,1-6H3,(H,64,71)/t39-,44+,50-/m1/s1. The molecule has 3 N–H and O–H groups in total. The summed E-state index contributed by atoms with van der Waals surface area (Å²) in [6.45, 7) is 12.3. The van der Waals surface area contributed by atoms with Gasteiger partial charge in [-0.1, -0.05) is 62.7 Å². The van der Waals surface area contributed by atoms with E-state index in [-0.39, 0.29) is 71.8 Å². The maximum atomic E-state index is 14.0. The highest BCUT2D eigenvalue weighted by atomic mass is 35.5. The first-order chi connectivity index (χ1) is 37.4. The molecule has 0 saturated carbocycles. The van der Waals surface area contributed by atoms with Crippen molar-refractivity contribution >= 4 is 40.7 Å². The highest BCUT2D eigenvalue weighted by Crippen LogP contribution is 2.48. The van der Waals surface area contributed by atoms with E-state index in [1.54, 1.807) is 11.3 Å². The number of hydrogen-bond acceptors (Lipinski definition) is 14. The summed E-state index contributed by atoms with van der Waals surface area (Å²) in [6.07, 6.45) is -8.58. The second kappa shape index (κ2) is 28.7. The Balaban J connectivity index is 0.850. The molecule has 0 spiro atoms. The lowest BCUT2D eigenvalue weighted by atomic mass is 9.85. The molecule has 79 heavy (non-hydrogen) atoms. The van der Waals surface area contributed by atoms with Crippen molar-refractivity contribution in [2.75, 3.05) is 72.6 Å². The number of ether oxygens (including phenoxy) is 6. The van der Waals surface area contributed by atoms with E-state index in [9.17, 15) is 45.8 Å². The average molecular weight is 1150 g/mol. The van der Waals surface area contributed by atoms with E-state index in [1.807, 2.05) is 57.5 Å². The van der Waals surface area contributed by atoms with E-state index in [2.05, 4.69) is 20.7 Å². The van der Waals surface area contributed by atoms with E-state index < -0.39 is 58.2 Å². The number of hydrogen-bond donors (Lipinski definition) is 3. The Morgan fingerprint density at radius 3 is 2.05 bits per heavy atom. The molecular weight excluding hydrogens is 1090 g/mol. The fraction of sp³-hybridized carbons (Fsp3) is 0.509. The number of likely N-dealkylation sites (tertiary alicyclic amines) is 1. The van der Waals surface area contributed by atoms with Crippen LogP contribution in [0.5, 0.6) is 11.5 Å². The molecule has 2 amide bonds. The number of aliphatic hydroxyl groups excluding tert-OH is 1. The van der Waals surface area contributed by atoms with Crippen LogP contribution in [-0.4, -0.2) is 133 Å². The van der Waals surface area contributed by atoms with Crippen molar-refractivity contribution in [2.24, 2.45) is 12.5 Å². The van der Waals surface area contributed by atoms with Gasteiger partial charge >= 0.3 is 18.3 Å². The number of carbonyl (C=O) groups is 3. The summed E-state index contributed by atoms with van der Waals surface area (Å²) in [6, 6.07) is 12.9. The van der Waals surface area contributed by atoms with Crippen LogP contribution in [0.4, 0.5) is 26.3 Å². The van der Waals surface area contributed by atoms with Crippen molar-refractivity contribution in [3.05, 3.63) is 93.7 Å². The Bertz CT molecular complexity index is 2810. The number of carbonyl (C=O) groups excluding carboxylic acids is 3. The number of benzene rings is 3. The van der Waals surface area contributed by atoms with Crippen LogP contribution in [-0.2, 0) is 59.3 Å². The van der Waals surface area contributed by atoms with Gasteiger partial charge in [-0.2, -0.15) is 31.4 Å². The smallest absolute Gasteiger partial charge is 0.435 e. The van der Waals surface area contributed by atoms with Crippen LogP contribution in [0, 0.1) is 12.3 Å². The topological polar surface area (TPSA) is 185 Å². The lowest BCUT2D eigenvalue weighted by Crippen LogP contribution is -2.57. The third-order valence-corrected chi connectivity index (χ3v) is 14.0. The summed E-state index contributed by atoms with van der Waals surface area (Å²) >= 11 is 7.48. The number of alkyl halides is 6. The van der Waals surface area contributed by atoms with Crippen LogP contribution < -0.4 is 20.1 Å². The number of nitrogens with one attached hydrogen (secondary N) is 2. The highest BCUT2D eigenvalue weighted by Gasteiger charge is 2.44. The van der Waals surface area contributed by atoms with Gasteiger partial charge in [0, 0.05) is 52.2 Å². The van der Waals surface area contributed by atoms with Gasteiger partial charge in [-0.15, -0.1) is 11.3 Å². The van der Waals surface area contributed by atoms with Gasteiger partial charge in [-0.3, -0.25) is 19.1 Å². The maximum Gasteiger partial charge on any atom is 0.435 e. The number of β-amino-alcohol motifs (C(OH)–C–C–N with tert-alkyl or cyclic N) is 1. The SMILES string of the molecule is CC(=O)Oc1c(-c2cc(C(F)(F)F)nn2C)ccc(OCCCCCOCCOCCOCCOCCN[C@H](C(=O)N2C[C@H](O)C[C@H]2C(=O)NCc2ccc(-c3scnc3C)cc2)C(C)(C)C)c1-c1ccc(Cl)c(C(F)(F)F)c1. The monoisotopic (exact) mass is 1150 g/mol. The summed E-state index contributed by atoms with van der Waals surface area (Å²) < 4.78 is 118. The van der Waals surface area contributed by atoms with Crippen LogP contribution in [0.3, 0.4) is 0 Å². The molecule has 0 radical (unpaired) electrons. The zero-order valence-electron chi connectivity index (χ0n) is 44.9. The lowest BCUT2D eigenvalue weighted by molar-refractivity contribution is -0.142. The number of rotatable bonds is 28. The van der Waals surface area contributed by atoms with Gasteiger partial charge in [0.05, 0.1) is 103 Å². The molecule has 1 fully saturated rings. The van der Waals surface area contributed by atoms with E-state index in [0.29, 0.717) is 78.7 Å². The van der Waals surface area contributed by atoms with Gasteiger partial charge in [0.15, 0.2) is 11.4 Å². The number of nitrogens with zero attached hydrogens (tertiary/aromatic N) is 4. The largest absolute Gasteiger partial charge is 0.493 e. The lowest BCUT2D eigenvalue weighted by Gasteiger charge is -2.35. The van der Waals surface area contributed by atoms with E-state index in [1.165, 1.54) is 30.1 Å². The number of aryl methyl sites for hydroxylation is 2. The van der Waals surface area contributed by atoms with Crippen LogP contribution >= 0.6 is 22.9 Å². The molecule has 3 atom stereocenters. The molecule has 3 heterocycles. The van der Waals surface area contributed by atoms with Gasteiger partial charge < -0.3 is 49.1 Å². The maximum absolute atomic E-state index is 14.0. The third-order valence-electron chi connectivity index (χ3n) is 12.7. The average Bonchev–Trinajstić information content (AvgIpc) is 4.12. The molecule has 6 rings (SSSR count). The molecule has 3 aromatic carbocycles. The summed E-state index contributed by atoms with van der Waals surface area (Å²) in [5, 5.41) is 19.8. The van der Waals surface area contributed by atoms with Crippen molar-refractivity contribution in [2.45, 2.75) is 97.4 Å². The molecule has 0 unspecified atom stereocenters. The molecule has 0 bridgehead atoms. The van der Waals surface area contributed by atoms with Crippen molar-refractivity contribution in [1.29, 1.82) is 0 Å². The van der Waals surface area contributed by atoms with Gasteiger partial charge in [0.2, 0.25) is 11.8 Å². The third kappa shape index (κ3) is 17.9. The van der Waals surface area contributed by atoms with E-state index in [0.717, 1.165) is 51.5 Å². The Morgan fingerprint density at radius 2 is 1.46 bits per heavy atom. The number of esters is 1. The molecule has 5 aromatic rings. The first-order valence-electron chi connectivity index (χ1n) is 25.7.